The van der Waals surface area contributed by atoms with Crippen molar-refractivity contribution in [3.05, 3.63) is 22.5 Å². The number of nitrogens with one attached hydrogen (secondary N) is 1. The van der Waals surface area contributed by atoms with E-state index in [0.717, 1.165) is 44.2 Å². The molecule has 0 aromatic carbocycles. The van der Waals surface area contributed by atoms with Crippen LogP contribution in [0.5, 0.6) is 0 Å². The molecule has 3 rings (SSSR count). The molecule has 1 aromatic heterocycles. The molecule has 1 amide bonds. The molecule has 108 valence electrons. The first-order chi connectivity index (χ1) is 9.44. The number of aryl methyl sites for hydroxylation is 2. The highest BCUT2D eigenvalue weighted by molar-refractivity contribution is 5.88. The SMILES string of the molecule is CC(C)(C)OC(=O)Nc1c2c(nc3c1CCC3)CCC2. The van der Waals surface area contributed by atoms with Crippen LogP contribution in [0.3, 0.4) is 0 Å². The van der Waals surface area contributed by atoms with Gasteiger partial charge in [-0.05, 0) is 70.4 Å². The molecular formula is C16H22N2O2. The van der Waals surface area contributed by atoms with Crippen molar-refractivity contribution in [1.29, 1.82) is 0 Å². The monoisotopic (exact) mass is 274 g/mol. The van der Waals surface area contributed by atoms with E-state index in [4.69, 9.17) is 9.72 Å². The number of aromatic nitrogens is 1. The molecule has 0 spiro atoms. The Morgan fingerprint density at radius 1 is 1.05 bits per heavy atom. The summed E-state index contributed by atoms with van der Waals surface area (Å²) in [5.74, 6) is 0. The lowest BCUT2D eigenvalue weighted by Crippen LogP contribution is -2.28. The fourth-order valence-corrected chi connectivity index (χ4v) is 3.14. The summed E-state index contributed by atoms with van der Waals surface area (Å²) in [6, 6.07) is 0. The molecule has 2 aliphatic rings. The van der Waals surface area contributed by atoms with Crippen molar-refractivity contribution in [3.63, 3.8) is 0 Å². The Morgan fingerprint density at radius 3 is 2.10 bits per heavy atom. The van der Waals surface area contributed by atoms with Crippen molar-refractivity contribution >= 4 is 11.8 Å². The fraction of sp³-hybridized carbons (Fsp3) is 0.625. The van der Waals surface area contributed by atoms with E-state index in [-0.39, 0.29) is 6.09 Å². The lowest BCUT2D eigenvalue weighted by atomic mass is 10.1. The highest BCUT2D eigenvalue weighted by atomic mass is 16.6. The molecule has 0 saturated heterocycles. The molecule has 4 heteroatoms. The van der Waals surface area contributed by atoms with E-state index < -0.39 is 5.60 Å². The van der Waals surface area contributed by atoms with Crippen LogP contribution in [0.2, 0.25) is 0 Å². The van der Waals surface area contributed by atoms with Crippen molar-refractivity contribution in [3.8, 4) is 0 Å². The van der Waals surface area contributed by atoms with Gasteiger partial charge in [0.15, 0.2) is 0 Å². The molecule has 2 aliphatic carbocycles. The third kappa shape index (κ3) is 2.51. The molecule has 1 aromatic rings. The second-order valence-electron chi connectivity index (χ2n) is 6.67. The van der Waals surface area contributed by atoms with Gasteiger partial charge >= 0.3 is 6.09 Å². The van der Waals surface area contributed by atoms with E-state index in [1.807, 2.05) is 20.8 Å². The number of rotatable bonds is 1. The van der Waals surface area contributed by atoms with Crippen LogP contribution >= 0.6 is 0 Å². The maximum absolute atomic E-state index is 12.1. The normalized spacial score (nSPS) is 16.8. The van der Waals surface area contributed by atoms with Crippen LogP contribution in [0.15, 0.2) is 0 Å². The minimum atomic E-state index is -0.469. The molecule has 0 aliphatic heterocycles. The van der Waals surface area contributed by atoms with E-state index >= 15 is 0 Å². The largest absolute Gasteiger partial charge is 0.444 e. The smallest absolute Gasteiger partial charge is 0.412 e. The van der Waals surface area contributed by atoms with Gasteiger partial charge in [0, 0.05) is 11.4 Å². The van der Waals surface area contributed by atoms with Crippen LogP contribution in [0.25, 0.3) is 0 Å². The van der Waals surface area contributed by atoms with Gasteiger partial charge < -0.3 is 4.74 Å². The minimum Gasteiger partial charge on any atom is -0.444 e. The van der Waals surface area contributed by atoms with E-state index in [9.17, 15) is 4.79 Å². The van der Waals surface area contributed by atoms with Gasteiger partial charge in [-0.1, -0.05) is 0 Å². The Labute approximate surface area is 119 Å². The predicted molar refractivity (Wildman–Crippen MR) is 78.1 cm³/mol. The second-order valence-corrected chi connectivity index (χ2v) is 6.67. The van der Waals surface area contributed by atoms with Crippen LogP contribution in [-0.2, 0) is 30.4 Å². The van der Waals surface area contributed by atoms with Gasteiger partial charge in [-0.15, -0.1) is 0 Å². The van der Waals surface area contributed by atoms with Gasteiger partial charge in [-0.3, -0.25) is 10.3 Å². The lowest BCUT2D eigenvalue weighted by molar-refractivity contribution is 0.0635. The summed E-state index contributed by atoms with van der Waals surface area (Å²) in [5.41, 5.74) is 5.35. The molecule has 0 bridgehead atoms. The van der Waals surface area contributed by atoms with Crippen molar-refractivity contribution in [2.24, 2.45) is 0 Å². The summed E-state index contributed by atoms with van der Waals surface area (Å²) in [7, 11) is 0. The Morgan fingerprint density at radius 2 is 1.60 bits per heavy atom. The molecule has 20 heavy (non-hydrogen) atoms. The molecule has 1 heterocycles. The fourth-order valence-electron chi connectivity index (χ4n) is 3.14. The van der Waals surface area contributed by atoms with E-state index in [1.165, 1.54) is 22.5 Å². The summed E-state index contributed by atoms with van der Waals surface area (Å²) in [6.07, 6.45) is 6.01. The molecule has 0 atom stereocenters. The van der Waals surface area contributed by atoms with Gasteiger partial charge in [-0.2, -0.15) is 0 Å². The van der Waals surface area contributed by atoms with E-state index in [1.54, 1.807) is 0 Å². The topological polar surface area (TPSA) is 51.2 Å². The van der Waals surface area contributed by atoms with Crippen molar-refractivity contribution < 1.29 is 9.53 Å². The first-order valence-electron chi connectivity index (χ1n) is 7.47. The van der Waals surface area contributed by atoms with Crippen molar-refractivity contribution in [1.82, 2.24) is 4.98 Å². The van der Waals surface area contributed by atoms with Gasteiger partial charge in [-0.25, -0.2) is 4.79 Å². The summed E-state index contributed by atoms with van der Waals surface area (Å²) in [5, 5.41) is 3.00. The van der Waals surface area contributed by atoms with E-state index in [2.05, 4.69) is 5.32 Å². The number of pyridine rings is 1. The Hall–Kier alpha value is -1.58. The Kier molecular flexibility index (Phi) is 3.19. The summed E-state index contributed by atoms with van der Waals surface area (Å²) < 4.78 is 5.39. The maximum Gasteiger partial charge on any atom is 0.412 e. The van der Waals surface area contributed by atoms with E-state index in [0.29, 0.717) is 0 Å². The number of carbonyl (C=O) groups is 1. The Balaban J connectivity index is 1.91. The number of anilines is 1. The highest BCUT2D eigenvalue weighted by Gasteiger charge is 2.27. The van der Waals surface area contributed by atoms with Crippen molar-refractivity contribution in [2.75, 3.05) is 5.32 Å². The predicted octanol–water partition coefficient (Wildman–Crippen LogP) is 3.41. The van der Waals surface area contributed by atoms with Gasteiger partial charge in [0.2, 0.25) is 0 Å². The average Bonchev–Trinajstić information content (AvgIpc) is 2.93. The van der Waals surface area contributed by atoms with Crippen molar-refractivity contribution in [2.45, 2.75) is 64.9 Å². The van der Waals surface area contributed by atoms with Crippen LogP contribution in [0.4, 0.5) is 10.5 Å². The first-order valence-corrected chi connectivity index (χ1v) is 7.47. The number of ether oxygens (including phenoxy) is 1. The van der Waals surface area contributed by atoms with Crippen LogP contribution in [0, 0.1) is 0 Å². The van der Waals surface area contributed by atoms with Gasteiger partial charge in [0.25, 0.3) is 0 Å². The number of nitrogens with zero attached hydrogens (tertiary/aromatic N) is 1. The average molecular weight is 274 g/mol. The second kappa shape index (κ2) is 4.76. The zero-order chi connectivity index (χ0) is 14.3. The molecule has 0 radical (unpaired) electrons. The number of hydrogen-bond donors (Lipinski definition) is 1. The molecule has 4 nitrogen and oxygen atoms in total. The number of hydrogen-bond acceptors (Lipinski definition) is 3. The number of carbonyl (C=O) groups excluding carboxylic acids is 1. The third-order valence-electron chi connectivity index (χ3n) is 3.88. The summed E-state index contributed by atoms with van der Waals surface area (Å²) in [4.78, 5) is 16.9. The molecule has 0 saturated carbocycles. The Bertz CT molecular complexity index is 526. The number of fused-ring (bicyclic) bond motifs is 2. The van der Waals surface area contributed by atoms with Gasteiger partial charge in [0.05, 0.1) is 5.69 Å². The quantitative estimate of drug-likeness (QED) is 0.853. The summed E-state index contributed by atoms with van der Waals surface area (Å²) in [6.45, 7) is 5.65. The summed E-state index contributed by atoms with van der Waals surface area (Å²) >= 11 is 0. The van der Waals surface area contributed by atoms with Gasteiger partial charge in [0.1, 0.15) is 5.60 Å². The molecule has 0 fully saturated rings. The molecule has 1 N–H and O–H groups in total. The first kappa shape index (κ1) is 13.4. The maximum atomic E-state index is 12.1. The molecular weight excluding hydrogens is 252 g/mol. The zero-order valence-electron chi connectivity index (χ0n) is 12.5. The minimum absolute atomic E-state index is 0.355. The third-order valence-corrected chi connectivity index (χ3v) is 3.88. The van der Waals surface area contributed by atoms with Crippen LogP contribution in [-0.4, -0.2) is 16.7 Å². The molecule has 0 unspecified atom stereocenters. The lowest BCUT2D eigenvalue weighted by Gasteiger charge is -2.21. The van der Waals surface area contributed by atoms with Crippen LogP contribution in [0.1, 0.15) is 56.1 Å². The highest BCUT2D eigenvalue weighted by Crippen LogP contribution is 2.36. The zero-order valence-corrected chi connectivity index (χ0v) is 12.5. The standard InChI is InChI=1S/C16H22N2O2/c1-16(2,3)20-15(19)18-14-10-6-4-8-12(10)17-13-9-5-7-11(13)14/h4-9H2,1-3H3,(H,17,18,19). The van der Waals surface area contributed by atoms with Crippen LogP contribution < -0.4 is 5.32 Å². The number of amides is 1.